The fraction of sp³-hybridized carbons (Fsp3) is 0.710. The number of aromatic nitrogens is 1. The number of rotatable bonds is 10. The van der Waals surface area contributed by atoms with Gasteiger partial charge in [0.15, 0.2) is 6.10 Å². The van der Waals surface area contributed by atoms with Crippen LogP contribution in [0, 0.1) is 11.3 Å². The van der Waals surface area contributed by atoms with Crippen molar-refractivity contribution in [1.29, 1.82) is 0 Å². The molecule has 0 bridgehead atoms. The standard InChI is InChI=1S/C31H48N4O5/c1-7-9-23(34-27(37)26-19-35(12-13-39-26)29(38)20(2)3)25(36)18-32-24-16-31(10-8-11-31)40-28-22(24)14-21(17-33-28)15-30(4,5)6/h7,14,17,20,23-26,32,36H,1,8-13,15-16,18-19H2,2-6H3,(H,34,37)/t23-,24-,25+,26-/m0/s1. The van der Waals surface area contributed by atoms with Crippen molar-refractivity contribution in [2.45, 2.75) is 103 Å². The molecule has 1 spiro atoms. The fourth-order valence-corrected chi connectivity index (χ4v) is 5.89. The third-order valence-electron chi connectivity index (χ3n) is 8.15. The summed E-state index contributed by atoms with van der Waals surface area (Å²) in [4.78, 5) is 31.9. The second-order valence-electron chi connectivity index (χ2n) is 13.3. The zero-order chi connectivity index (χ0) is 29.1. The molecule has 0 aromatic carbocycles. The summed E-state index contributed by atoms with van der Waals surface area (Å²) in [5.41, 5.74) is 2.14. The first-order valence-electron chi connectivity index (χ1n) is 14.8. The number of pyridine rings is 1. The zero-order valence-electron chi connectivity index (χ0n) is 24.9. The van der Waals surface area contributed by atoms with E-state index < -0.39 is 18.2 Å². The van der Waals surface area contributed by atoms with Crippen molar-refractivity contribution in [3.05, 3.63) is 36.0 Å². The maximum Gasteiger partial charge on any atom is 0.251 e. The average molecular weight is 557 g/mol. The quantitative estimate of drug-likeness (QED) is 0.379. The first kappa shape index (κ1) is 30.5. The normalized spacial score (nSPS) is 23.5. The topological polar surface area (TPSA) is 113 Å². The van der Waals surface area contributed by atoms with Crippen LogP contribution in [0.15, 0.2) is 24.9 Å². The van der Waals surface area contributed by atoms with Gasteiger partial charge in [0.2, 0.25) is 11.8 Å². The van der Waals surface area contributed by atoms with Gasteiger partial charge in [0.25, 0.3) is 5.91 Å². The van der Waals surface area contributed by atoms with Crippen LogP contribution in [-0.2, 0) is 20.7 Å². The Hall–Kier alpha value is -2.49. The van der Waals surface area contributed by atoms with Gasteiger partial charge in [0, 0.05) is 43.2 Å². The smallest absolute Gasteiger partial charge is 0.251 e. The molecule has 0 radical (unpaired) electrons. The van der Waals surface area contributed by atoms with Gasteiger partial charge in [-0.1, -0.05) is 40.7 Å². The van der Waals surface area contributed by atoms with E-state index in [1.165, 1.54) is 5.56 Å². The summed E-state index contributed by atoms with van der Waals surface area (Å²) in [6, 6.07) is 1.64. The lowest BCUT2D eigenvalue weighted by molar-refractivity contribution is -0.149. The van der Waals surface area contributed by atoms with E-state index in [4.69, 9.17) is 14.5 Å². The molecule has 9 nitrogen and oxygen atoms in total. The molecular weight excluding hydrogens is 508 g/mol. The predicted molar refractivity (Wildman–Crippen MR) is 154 cm³/mol. The largest absolute Gasteiger partial charge is 0.471 e. The van der Waals surface area contributed by atoms with Gasteiger partial charge in [-0.15, -0.1) is 6.58 Å². The van der Waals surface area contributed by atoms with Crippen LogP contribution in [0.5, 0.6) is 5.88 Å². The first-order valence-corrected chi connectivity index (χ1v) is 14.8. The molecule has 1 saturated carbocycles. The predicted octanol–water partition coefficient (Wildman–Crippen LogP) is 3.31. The van der Waals surface area contributed by atoms with Gasteiger partial charge in [-0.05, 0) is 49.1 Å². The number of carbonyl (C=O) groups excluding carboxylic acids is 2. The van der Waals surface area contributed by atoms with E-state index in [-0.39, 0.29) is 47.9 Å². The molecule has 1 aromatic rings. The Bertz CT molecular complexity index is 1060. The molecule has 9 heteroatoms. The lowest BCUT2D eigenvalue weighted by Crippen LogP contribution is -2.56. The highest BCUT2D eigenvalue weighted by Crippen LogP contribution is 2.48. The average Bonchev–Trinajstić information content (AvgIpc) is 2.89. The molecule has 4 atom stereocenters. The highest BCUT2D eigenvalue weighted by molar-refractivity contribution is 5.83. The van der Waals surface area contributed by atoms with Crippen LogP contribution < -0.4 is 15.4 Å². The second-order valence-corrected chi connectivity index (χ2v) is 13.3. The minimum Gasteiger partial charge on any atom is -0.471 e. The van der Waals surface area contributed by atoms with Crippen LogP contribution in [0.2, 0.25) is 0 Å². The number of morpholine rings is 1. The third-order valence-corrected chi connectivity index (χ3v) is 8.15. The van der Waals surface area contributed by atoms with Crippen molar-refractivity contribution >= 4 is 11.8 Å². The van der Waals surface area contributed by atoms with E-state index in [1.54, 1.807) is 11.0 Å². The molecule has 3 N–H and O–H groups in total. The number of amides is 2. The summed E-state index contributed by atoms with van der Waals surface area (Å²) in [6.07, 6.45) is 7.28. The number of hydrogen-bond acceptors (Lipinski definition) is 7. The zero-order valence-corrected chi connectivity index (χ0v) is 24.9. The van der Waals surface area contributed by atoms with Crippen LogP contribution >= 0.6 is 0 Å². The van der Waals surface area contributed by atoms with Crippen molar-refractivity contribution in [1.82, 2.24) is 20.5 Å². The molecule has 1 saturated heterocycles. The van der Waals surface area contributed by atoms with Gasteiger partial charge in [-0.25, -0.2) is 4.98 Å². The van der Waals surface area contributed by atoms with Gasteiger partial charge >= 0.3 is 0 Å². The highest BCUT2D eigenvalue weighted by atomic mass is 16.5. The lowest BCUT2D eigenvalue weighted by Gasteiger charge is -2.47. The molecule has 1 aromatic heterocycles. The Labute approximate surface area is 239 Å². The maximum atomic E-state index is 13.1. The van der Waals surface area contributed by atoms with E-state index in [0.29, 0.717) is 25.5 Å². The van der Waals surface area contributed by atoms with Crippen LogP contribution in [0.1, 0.15) is 83.9 Å². The summed E-state index contributed by atoms with van der Waals surface area (Å²) in [5, 5.41) is 17.7. The maximum absolute atomic E-state index is 13.1. The number of ether oxygens (including phenoxy) is 2. The van der Waals surface area contributed by atoms with Crippen LogP contribution in [-0.4, -0.2) is 76.9 Å². The number of fused-ring (bicyclic) bond motifs is 1. The summed E-state index contributed by atoms with van der Waals surface area (Å²) < 4.78 is 12.1. The third kappa shape index (κ3) is 7.42. The Morgan fingerprint density at radius 3 is 2.70 bits per heavy atom. The number of aliphatic hydroxyl groups is 1. The molecule has 1 aliphatic carbocycles. The lowest BCUT2D eigenvalue weighted by atomic mass is 9.73. The Kier molecular flexibility index (Phi) is 9.58. The molecule has 4 rings (SSSR count). The first-order chi connectivity index (χ1) is 18.9. The van der Waals surface area contributed by atoms with E-state index in [1.807, 2.05) is 20.0 Å². The molecule has 0 unspecified atom stereocenters. The Balaban J connectivity index is 1.41. The van der Waals surface area contributed by atoms with Gasteiger partial charge in [0.1, 0.15) is 5.60 Å². The van der Waals surface area contributed by atoms with Crippen molar-refractivity contribution in [3.8, 4) is 5.88 Å². The van der Waals surface area contributed by atoms with E-state index in [0.717, 1.165) is 37.7 Å². The monoisotopic (exact) mass is 556 g/mol. The van der Waals surface area contributed by atoms with Crippen molar-refractivity contribution in [3.63, 3.8) is 0 Å². The summed E-state index contributed by atoms with van der Waals surface area (Å²) in [6.45, 7) is 15.4. The number of carbonyl (C=O) groups is 2. The van der Waals surface area contributed by atoms with E-state index in [9.17, 15) is 14.7 Å². The van der Waals surface area contributed by atoms with E-state index in [2.05, 4.69) is 44.1 Å². The van der Waals surface area contributed by atoms with Crippen LogP contribution in [0.25, 0.3) is 0 Å². The van der Waals surface area contributed by atoms with Crippen molar-refractivity contribution < 1.29 is 24.2 Å². The highest BCUT2D eigenvalue weighted by Gasteiger charge is 2.46. The van der Waals surface area contributed by atoms with Crippen LogP contribution in [0.3, 0.4) is 0 Å². The number of nitrogens with zero attached hydrogens (tertiary/aromatic N) is 2. The number of nitrogens with one attached hydrogen (secondary N) is 2. The summed E-state index contributed by atoms with van der Waals surface area (Å²) in [5.74, 6) is 0.223. The molecule has 3 heterocycles. The van der Waals surface area contributed by atoms with Gasteiger partial charge < -0.3 is 30.1 Å². The molecule has 222 valence electrons. The molecule has 2 fully saturated rings. The summed E-state index contributed by atoms with van der Waals surface area (Å²) in [7, 11) is 0. The molecule has 2 amide bonds. The number of hydrogen-bond donors (Lipinski definition) is 3. The van der Waals surface area contributed by atoms with Gasteiger partial charge in [-0.3, -0.25) is 9.59 Å². The molecule has 3 aliphatic rings. The van der Waals surface area contributed by atoms with Crippen molar-refractivity contribution in [2.24, 2.45) is 11.3 Å². The van der Waals surface area contributed by atoms with Crippen LogP contribution in [0.4, 0.5) is 0 Å². The Morgan fingerprint density at radius 1 is 1.32 bits per heavy atom. The fourth-order valence-electron chi connectivity index (χ4n) is 5.89. The molecule has 2 aliphatic heterocycles. The minimum atomic E-state index is -0.853. The SMILES string of the molecule is C=CC[C@H](NC(=O)[C@@H]1CN(C(=O)C(C)C)CCO1)[C@H](O)CN[C@H]1CC2(CCC2)Oc2ncc(CC(C)(C)C)cc21. The molecular formula is C31H48N4O5. The Morgan fingerprint density at radius 2 is 2.08 bits per heavy atom. The van der Waals surface area contributed by atoms with Crippen molar-refractivity contribution in [2.75, 3.05) is 26.2 Å². The molecule has 40 heavy (non-hydrogen) atoms. The number of aliphatic hydroxyl groups excluding tert-OH is 1. The second kappa shape index (κ2) is 12.6. The van der Waals surface area contributed by atoms with Gasteiger partial charge in [-0.2, -0.15) is 0 Å². The van der Waals surface area contributed by atoms with Gasteiger partial charge in [0.05, 0.1) is 25.3 Å². The minimum absolute atomic E-state index is 0.00843. The summed E-state index contributed by atoms with van der Waals surface area (Å²) >= 11 is 0. The van der Waals surface area contributed by atoms with E-state index >= 15 is 0 Å².